The van der Waals surface area contributed by atoms with Gasteiger partial charge in [-0.05, 0) is 30.5 Å². The molecule has 1 atom stereocenters. The second-order valence-corrected chi connectivity index (χ2v) is 3.55. The maximum absolute atomic E-state index is 3.19. The summed E-state index contributed by atoms with van der Waals surface area (Å²) >= 11 is 0. The van der Waals surface area contributed by atoms with Crippen molar-refractivity contribution in [2.75, 3.05) is 13.6 Å². The van der Waals surface area contributed by atoms with Crippen LogP contribution >= 0.6 is 0 Å². The van der Waals surface area contributed by atoms with Crippen LogP contribution in [0, 0.1) is 0 Å². The Morgan fingerprint density at radius 3 is 2.31 bits per heavy atom. The SMILES string of the molecule is CCc1ccc(C(C)CNC)cc1. The number of benzene rings is 1. The van der Waals surface area contributed by atoms with Crippen molar-refractivity contribution in [3.63, 3.8) is 0 Å². The van der Waals surface area contributed by atoms with E-state index in [1.165, 1.54) is 11.1 Å². The molecule has 1 aromatic rings. The van der Waals surface area contributed by atoms with Gasteiger partial charge in [0.15, 0.2) is 0 Å². The summed E-state index contributed by atoms with van der Waals surface area (Å²) in [6.07, 6.45) is 1.13. The van der Waals surface area contributed by atoms with E-state index in [0.29, 0.717) is 5.92 Å². The second kappa shape index (κ2) is 5.03. The topological polar surface area (TPSA) is 12.0 Å². The molecule has 0 saturated heterocycles. The first-order chi connectivity index (χ1) is 6.27. The van der Waals surface area contributed by atoms with Gasteiger partial charge in [-0.1, -0.05) is 38.1 Å². The van der Waals surface area contributed by atoms with Crippen molar-refractivity contribution in [3.05, 3.63) is 35.4 Å². The van der Waals surface area contributed by atoms with Crippen LogP contribution in [0.1, 0.15) is 30.9 Å². The number of aryl methyl sites for hydroxylation is 1. The molecule has 1 aromatic carbocycles. The average molecular weight is 177 g/mol. The quantitative estimate of drug-likeness (QED) is 0.745. The lowest BCUT2D eigenvalue weighted by Gasteiger charge is -2.11. The Kier molecular flexibility index (Phi) is 3.97. The molecular weight excluding hydrogens is 158 g/mol. The summed E-state index contributed by atoms with van der Waals surface area (Å²) in [4.78, 5) is 0. The van der Waals surface area contributed by atoms with E-state index in [4.69, 9.17) is 0 Å². The lowest BCUT2D eigenvalue weighted by Crippen LogP contribution is -2.14. The molecule has 72 valence electrons. The van der Waals surface area contributed by atoms with Crippen molar-refractivity contribution >= 4 is 0 Å². The predicted octanol–water partition coefficient (Wildman–Crippen LogP) is 2.57. The van der Waals surface area contributed by atoms with Crippen molar-refractivity contribution < 1.29 is 0 Å². The summed E-state index contributed by atoms with van der Waals surface area (Å²) in [5, 5.41) is 3.19. The van der Waals surface area contributed by atoms with Crippen LogP contribution in [0.3, 0.4) is 0 Å². The normalized spacial score (nSPS) is 12.8. The monoisotopic (exact) mass is 177 g/mol. The first kappa shape index (κ1) is 10.3. The van der Waals surface area contributed by atoms with Crippen LogP contribution in [0.2, 0.25) is 0 Å². The molecule has 0 aromatic heterocycles. The van der Waals surface area contributed by atoms with E-state index in [2.05, 4.69) is 43.4 Å². The third-order valence-corrected chi connectivity index (χ3v) is 2.47. The van der Waals surface area contributed by atoms with Gasteiger partial charge in [-0.2, -0.15) is 0 Å². The van der Waals surface area contributed by atoms with Crippen LogP contribution in [-0.4, -0.2) is 13.6 Å². The van der Waals surface area contributed by atoms with Crippen LogP contribution in [0.25, 0.3) is 0 Å². The van der Waals surface area contributed by atoms with Gasteiger partial charge in [0.1, 0.15) is 0 Å². The zero-order chi connectivity index (χ0) is 9.68. The molecule has 1 nitrogen and oxygen atoms in total. The second-order valence-electron chi connectivity index (χ2n) is 3.55. The Hall–Kier alpha value is -0.820. The third-order valence-electron chi connectivity index (χ3n) is 2.47. The van der Waals surface area contributed by atoms with Crippen LogP contribution in [0.5, 0.6) is 0 Å². The molecule has 0 saturated carbocycles. The fourth-order valence-corrected chi connectivity index (χ4v) is 1.51. The van der Waals surface area contributed by atoms with E-state index < -0.39 is 0 Å². The number of nitrogens with one attached hydrogen (secondary N) is 1. The molecule has 1 rings (SSSR count). The standard InChI is InChI=1S/C12H19N/c1-4-11-5-7-12(8-6-11)10(2)9-13-3/h5-8,10,13H,4,9H2,1-3H3. The Bertz CT molecular complexity index is 238. The van der Waals surface area contributed by atoms with E-state index in [-0.39, 0.29) is 0 Å². The van der Waals surface area contributed by atoms with Gasteiger partial charge < -0.3 is 5.32 Å². The highest BCUT2D eigenvalue weighted by Crippen LogP contribution is 2.14. The van der Waals surface area contributed by atoms with Gasteiger partial charge in [0, 0.05) is 6.54 Å². The third kappa shape index (κ3) is 2.85. The zero-order valence-electron chi connectivity index (χ0n) is 8.80. The molecule has 0 fully saturated rings. The smallest absolute Gasteiger partial charge is 0.00144 e. The van der Waals surface area contributed by atoms with Crippen LogP contribution in [0.15, 0.2) is 24.3 Å². The van der Waals surface area contributed by atoms with Crippen molar-refractivity contribution in [3.8, 4) is 0 Å². The van der Waals surface area contributed by atoms with Gasteiger partial charge in [0.05, 0.1) is 0 Å². The molecule has 1 heteroatoms. The average Bonchev–Trinajstić information content (AvgIpc) is 2.18. The number of rotatable bonds is 4. The molecule has 0 heterocycles. The number of likely N-dealkylation sites (N-methyl/N-ethyl adjacent to an activating group) is 1. The highest BCUT2D eigenvalue weighted by atomic mass is 14.8. The Labute approximate surface area is 81.2 Å². The summed E-state index contributed by atoms with van der Waals surface area (Å²) in [7, 11) is 2.00. The van der Waals surface area contributed by atoms with Crippen molar-refractivity contribution in [2.45, 2.75) is 26.2 Å². The molecule has 0 aliphatic carbocycles. The van der Waals surface area contributed by atoms with Gasteiger partial charge in [0.25, 0.3) is 0 Å². The summed E-state index contributed by atoms with van der Waals surface area (Å²) in [6, 6.07) is 8.92. The highest BCUT2D eigenvalue weighted by Gasteiger charge is 2.02. The molecule has 1 unspecified atom stereocenters. The molecular formula is C12H19N. The first-order valence-electron chi connectivity index (χ1n) is 5.01. The van der Waals surface area contributed by atoms with Gasteiger partial charge in [-0.25, -0.2) is 0 Å². The molecule has 1 N–H and O–H groups in total. The first-order valence-corrected chi connectivity index (χ1v) is 5.01. The van der Waals surface area contributed by atoms with Gasteiger partial charge in [0.2, 0.25) is 0 Å². The molecule has 0 amide bonds. The van der Waals surface area contributed by atoms with E-state index in [0.717, 1.165) is 13.0 Å². The van der Waals surface area contributed by atoms with Crippen molar-refractivity contribution in [1.29, 1.82) is 0 Å². The molecule has 0 spiro atoms. The minimum absolute atomic E-state index is 0.607. The van der Waals surface area contributed by atoms with Gasteiger partial charge in [-0.15, -0.1) is 0 Å². The minimum atomic E-state index is 0.607. The highest BCUT2D eigenvalue weighted by molar-refractivity contribution is 5.25. The summed E-state index contributed by atoms with van der Waals surface area (Å²) in [5.41, 5.74) is 2.84. The van der Waals surface area contributed by atoms with E-state index >= 15 is 0 Å². The fraction of sp³-hybridized carbons (Fsp3) is 0.500. The maximum atomic E-state index is 3.19. The Morgan fingerprint density at radius 2 is 1.85 bits per heavy atom. The predicted molar refractivity (Wildman–Crippen MR) is 58.2 cm³/mol. The summed E-state index contributed by atoms with van der Waals surface area (Å²) < 4.78 is 0. The molecule has 0 bridgehead atoms. The zero-order valence-corrected chi connectivity index (χ0v) is 8.80. The summed E-state index contributed by atoms with van der Waals surface area (Å²) in [6.45, 7) is 5.48. The van der Waals surface area contributed by atoms with Crippen molar-refractivity contribution in [1.82, 2.24) is 5.32 Å². The van der Waals surface area contributed by atoms with Crippen LogP contribution in [0.4, 0.5) is 0 Å². The van der Waals surface area contributed by atoms with Crippen LogP contribution in [-0.2, 0) is 6.42 Å². The molecule has 0 aliphatic rings. The van der Waals surface area contributed by atoms with E-state index in [1.807, 2.05) is 7.05 Å². The summed E-state index contributed by atoms with van der Waals surface area (Å²) in [5.74, 6) is 0.607. The van der Waals surface area contributed by atoms with E-state index in [1.54, 1.807) is 0 Å². The maximum Gasteiger partial charge on any atom is 0.00144 e. The molecule has 0 radical (unpaired) electrons. The minimum Gasteiger partial charge on any atom is -0.319 e. The lowest BCUT2D eigenvalue weighted by atomic mass is 9.99. The van der Waals surface area contributed by atoms with Crippen molar-refractivity contribution in [2.24, 2.45) is 0 Å². The number of hydrogen-bond acceptors (Lipinski definition) is 1. The Balaban J connectivity index is 2.67. The van der Waals surface area contributed by atoms with E-state index in [9.17, 15) is 0 Å². The van der Waals surface area contributed by atoms with Crippen LogP contribution < -0.4 is 5.32 Å². The number of hydrogen-bond donors (Lipinski definition) is 1. The lowest BCUT2D eigenvalue weighted by molar-refractivity contribution is 0.677. The van der Waals surface area contributed by atoms with Gasteiger partial charge >= 0.3 is 0 Å². The molecule has 13 heavy (non-hydrogen) atoms. The fourth-order valence-electron chi connectivity index (χ4n) is 1.51. The largest absolute Gasteiger partial charge is 0.319 e. The van der Waals surface area contributed by atoms with Gasteiger partial charge in [-0.3, -0.25) is 0 Å². The molecule has 0 aliphatic heterocycles. The Morgan fingerprint density at radius 1 is 1.23 bits per heavy atom.